The number of benzene rings is 1. The standard InChI is InChI=1S/C12H16FN/c1-9-3-2-4-12(9)14-11-7-5-10(13)6-8-11/h5-9,12,14H,2-4H2,1H3/t9-,12-/m1/s1. The Morgan fingerprint density at radius 3 is 2.50 bits per heavy atom. The van der Waals surface area contributed by atoms with E-state index in [2.05, 4.69) is 12.2 Å². The molecule has 14 heavy (non-hydrogen) atoms. The van der Waals surface area contributed by atoms with E-state index in [9.17, 15) is 4.39 Å². The van der Waals surface area contributed by atoms with E-state index in [4.69, 9.17) is 0 Å². The SMILES string of the molecule is C[C@@H]1CCC[C@H]1Nc1ccc(F)cc1. The minimum atomic E-state index is -0.171. The van der Waals surface area contributed by atoms with Crippen molar-refractivity contribution in [2.75, 3.05) is 5.32 Å². The molecule has 0 unspecified atom stereocenters. The lowest BCUT2D eigenvalue weighted by Gasteiger charge is -2.18. The molecule has 0 radical (unpaired) electrons. The predicted octanol–water partition coefficient (Wildman–Crippen LogP) is 3.43. The van der Waals surface area contributed by atoms with E-state index in [-0.39, 0.29) is 5.82 Å². The molecule has 1 saturated carbocycles. The third-order valence-corrected chi connectivity index (χ3v) is 3.06. The van der Waals surface area contributed by atoms with E-state index in [1.165, 1.54) is 31.4 Å². The first kappa shape index (κ1) is 9.50. The first-order valence-corrected chi connectivity index (χ1v) is 5.28. The third kappa shape index (κ3) is 2.06. The lowest BCUT2D eigenvalue weighted by atomic mass is 10.1. The first-order valence-electron chi connectivity index (χ1n) is 5.28. The van der Waals surface area contributed by atoms with Gasteiger partial charge < -0.3 is 5.32 Å². The van der Waals surface area contributed by atoms with Crippen molar-refractivity contribution in [1.82, 2.24) is 0 Å². The zero-order chi connectivity index (χ0) is 9.97. The fourth-order valence-corrected chi connectivity index (χ4v) is 2.12. The molecule has 0 saturated heterocycles. The average Bonchev–Trinajstić information content (AvgIpc) is 2.56. The first-order chi connectivity index (χ1) is 6.75. The van der Waals surface area contributed by atoms with Crippen LogP contribution in [-0.2, 0) is 0 Å². The van der Waals surface area contributed by atoms with Crippen molar-refractivity contribution < 1.29 is 4.39 Å². The summed E-state index contributed by atoms with van der Waals surface area (Å²) in [5, 5.41) is 3.45. The quantitative estimate of drug-likeness (QED) is 0.758. The number of nitrogens with one attached hydrogen (secondary N) is 1. The lowest BCUT2D eigenvalue weighted by Crippen LogP contribution is -2.21. The van der Waals surface area contributed by atoms with Gasteiger partial charge in [-0.1, -0.05) is 13.3 Å². The second kappa shape index (κ2) is 3.99. The van der Waals surface area contributed by atoms with Crippen LogP contribution in [0.5, 0.6) is 0 Å². The molecule has 0 aromatic heterocycles. The Kier molecular flexibility index (Phi) is 2.71. The van der Waals surface area contributed by atoms with Crippen LogP contribution in [0.3, 0.4) is 0 Å². The molecule has 0 heterocycles. The summed E-state index contributed by atoms with van der Waals surface area (Å²) in [5.74, 6) is 0.565. The van der Waals surface area contributed by atoms with Crippen LogP contribution in [0.4, 0.5) is 10.1 Å². The van der Waals surface area contributed by atoms with Crippen LogP contribution in [0.2, 0.25) is 0 Å². The molecule has 1 aromatic rings. The fourth-order valence-electron chi connectivity index (χ4n) is 2.12. The molecule has 0 aliphatic heterocycles. The summed E-state index contributed by atoms with van der Waals surface area (Å²) in [6.07, 6.45) is 3.84. The van der Waals surface area contributed by atoms with Gasteiger partial charge in [-0.25, -0.2) is 4.39 Å². The van der Waals surface area contributed by atoms with Gasteiger partial charge in [0.2, 0.25) is 0 Å². The van der Waals surface area contributed by atoms with Crippen molar-refractivity contribution in [1.29, 1.82) is 0 Å². The zero-order valence-electron chi connectivity index (χ0n) is 8.46. The van der Waals surface area contributed by atoms with Gasteiger partial charge in [-0.2, -0.15) is 0 Å². The summed E-state index contributed by atoms with van der Waals surface area (Å²) in [6, 6.07) is 7.19. The van der Waals surface area contributed by atoms with E-state index in [1.54, 1.807) is 12.1 Å². The Balaban J connectivity index is 2.00. The summed E-state index contributed by atoms with van der Waals surface area (Å²) in [4.78, 5) is 0. The van der Waals surface area contributed by atoms with Crippen LogP contribution in [0.1, 0.15) is 26.2 Å². The maximum Gasteiger partial charge on any atom is 0.123 e. The van der Waals surface area contributed by atoms with Crippen molar-refractivity contribution >= 4 is 5.69 Å². The molecule has 2 heteroatoms. The second-order valence-corrected chi connectivity index (χ2v) is 4.17. The monoisotopic (exact) mass is 193 g/mol. The highest BCUT2D eigenvalue weighted by Gasteiger charge is 2.22. The van der Waals surface area contributed by atoms with Crippen molar-refractivity contribution in [2.45, 2.75) is 32.2 Å². The van der Waals surface area contributed by atoms with Crippen molar-refractivity contribution in [3.8, 4) is 0 Å². The Hall–Kier alpha value is -1.05. The average molecular weight is 193 g/mol. The molecule has 1 aliphatic carbocycles. The molecule has 2 atom stereocenters. The molecule has 1 aromatic carbocycles. The van der Waals surface area contributed by atoms with E-state index in [0.717, 1.165) is 11.6 Å². The molecule has 76 valence electrons. The van der Waals surface area contributed by atoms with Gasteiger partial charge in [0.25, 0.3) is 0 Å². The molecular formula is C12H16FN. The Morgan fingerprint density at radius 2 is 1.93 bits per heavy atom. The van der Waals surface area contributed by atoms with Crippen LogP contribution in [0.15, 0.2) is 24.3 Å². The van der Waals surface area contributed by atoms with Gasteiger partial charge in [0.15, 0.2) is 0 Å². The van der Waals surface area contributed by atoms with Gasteiger partial charge >= 0.3 is 0 Å². The fraction of sp³-hybridized carbons (Fsp3) is 0.500. The largest absolute Gasteiger partial charge is 0.382 e. The lowest BCUT2D eigenvalue weighted by molar-refractivity contribution is 0.556. The molecule has 1 nitrogen and oxygen atoms in total. The van der Waals surface area contributed by atoms with Gasteiger partial charge in [0.1, 0.15) is 5.82 Å². The maximum absolute atomic E-state index is 12.6. The van der Waals surface area contributed by atoms with Gasteiger partial charge in [-0.15, -0.1) is 0 Å². The number of rotatable bonds is 2. The highest BCUT2D eigenvalue weighted by atomic mass is 19.1. The summed E-state index contributed by atoms with van der Waals surface area (Å²) in [5.41, 5.74) is 1.03. The van der Waals surface area contributed by atoms with Crippen LogP contribution < -0.4 is 5.32 Å². The molecular weight excluding hydrogens is 177 g/mol. The Bertz CT molecular complexity index is 294. The van der Waals surface area contributed by atoms with Crippen molar-refractivity contribution in [2.24, 2.45) is 5.92 Å². The topological polar surface area (TPSA) is 12.0 Å². The van der Waals surface area contributed by atoms with Crippen LogP contribution in [-0.4, -0.2) is 6.04 Å². The Morgan fingerprint density at radius 1 is 1.21 bits per heavy atom. The van der Waals surface area contributed by atoms with Gasteiger partial charge in [-0.3, -0.25) is 0 Å². The predicted molar refractivity (Wildman–Crippen MR) is 56.8 cm³/mol. The van der Waals surface area contributed by atoms with Crippen LogP contribution >= 0.6 is 0 Å². The number of hydrogen-bond donors (Lipinski definition) is 1. The van der Waals surface area contributed by atoms with Gasteiger partial charge in [0.05, 0.1) is 0 Å². The molecule has 1 aliphatic rings. The van der Waals surface area contributed by atoms with E-state index >= 15 is 0 Å². The highest BCUT2D eigenvalue weighted by molar-refractivity contribution is 5.44. The molecule has 0 bridgehead atoms. The second-order valence-electron chi connectivity index (χ2n) is 4.17. The van der Waals surface area contributed by atoms with Crippen molar-refractivity contribution in [3.05, 3.63) is 30.1 Å². The van der Waals surface area contributed by atoms with E-state index in [1.807, 2.05) is 0 Å². The van der Waals surface area contributed by atoms with E-state index < -0.39 is 0 Å². The van der Waals surface area contributed by atoms with Gasteiger partial charge in [0, 0.05) is 11.7 Å². The molecule has 1 fully saturated rings. The highest BCUT2D eigenvalue weighted by Crippen LogP contribution is 2.27. The number of hydrogen-bond acceptors (Lipinski definition) is 1. The maximum atomic E-state index is 12.6. The summed E-state index contributed by atoms with van der Waals surface area (Å²) < 4.78 is 12.6. The smallest absolute Gasteiger partial charge is 0.123 e. The normalized spacial score (nSPS) is 26.4. The van der Waals surface area contributed by atoms with Crippen LogP contribution in [0.25, 0.3) is 0 Å². The molecule has 0 amide bonds. The molecule has 2 rings (SSSR count). The molecule has 1 N–H and O–H groups in total. The van der Waals surface area contributed by atoms with Crippen molar-refractivity contribution in [3.63, 3.8) is 0 Å². The van der Waals surface area contributed by atoms with E-state index in [0.29, 0.717) is 6.04 Å². The minimum Gasteiger partial charge on any atom is -0.382 e. The summed E-state index contributed by atoms with van der Waals surface area (Å²) >= 11 is 0. The van der Waals surface area contributed by atoms with Gasteiger partial charge in [-0.05, 0) is 43.0 Å². The zero-order valence-corrected chi connectivity index (χ0v) is 8.46. The number of anilines is 1. The van der Waals surface area contributed by atoms with Crippen LogP contribution in [0, 0.1) is 11.7 Å². The number of halogens is 1. The summed E-state index contributed by atoms with van der Waals surface area (Å²) in [6.45, 7) is 2.27. The Labute approximate surface area is 84.3 Å². The molecule has 0 spiro atoms. The summed E-state index contributed by atoms with van der Waals surface area (Å²) in [7, 11) is 0. The third-order valence-electron chi connectivity index (χ3n) is 3.06. The minimum absolute atomic E-state index is 0.171.